The fourth-order valence-corrected chi connectivity index (χ4v) is 5.75. The number of nitriles is 1. The molecule has 3 aromatic carbocycles. The number of benzene rings is 3. The van der Waals surface area contributed by atoms with Crippen molar-refractivity contribution < 1.29 is 9.47 Å². The Kier molecular flexibility index (Phi) is 14.8. The Bertz CT molecular complexity index is 2030. The van der Waals surface area contributed by atoms with Gasteiger partial charge in [0.1, 0.15) is 23.3 Å². The van der Waals surface area contributed by atoms with E-state index in [2.05, 4.69) is 11.1 Å². The van der Waals surface area contributed by atoms with Crippen LogP contribution < -0.4 is 15.2 Å². The molecule has 48 heavy (non-hydrogen) atoms. The normalized spacial score (nSPS) is 9.92. The number of aromatic nitrogens is 4. The van der Waals surface area contributed by atoms with Crippen LogP contribution in [0.5, 0.6) is 11.5 Å². The summed E-state index contributed by atoms with van der Waals surface area (Å²) in [5.41, 5.74) is 6.60. The number of ether oxygens (including phenoxy) is 2. The van der Waals surface area contributed by atoms with Gasteiger partial charge in [-0.25, -0.2) is 4.79 Å². The van der Waals surface area contributed by atoms with Gasteiger partial charge in [-0.2, -0.15) is 5.26 Å². The number of aromatic amines is 1. The van der Waals surface area contributed by atoms with Crippen molar-refractivity contribution in [2.45, 2.75) is 75.8 Å². The van der Waals surface area contributed by atoms with E-state index in [9.17, 15) is 10.1 Å². The van der Waals surface area contributed by atoms with E-state index in [1.165, 1.54) is 0 Å². The lowest BCUT2D eigenvalue weighted by atomic mass is 10.0. The van der Waals surface area contributed by atoms with Crippen LogP contribution in [0.1, 0.15) is 77.9 Å². The molecule has 3 heterocycles. The maximum Gasteiger partial charge on any atom is 0.334 e. The molecule has 0 aliphatic rings. The predicted octanol–water partition coefficient (Wildman–Crippen LogP) is 9.94. The van der Waals surface area contributed by atoms with Gasteiger partial charge < -0.3 is 19.0 Å². The fourth-order valence-electron chi connectivity index (χ4n) is 5.75. The molecule has 0 radical (unpaired) electrons. The van der Waals surface area contributed by atoms with Crippen LogP contribution in [-0.4, -0.2) is 32.9 Å². The second-order valence-electron chi connectivity index (χ2n) is 9.95. The number of H-pyrrole nitrogens is 1. The number of imidazole rings is 1. The van der Waals surface area contributed by atoms with Gasteiger partial charge in [0.15, 0.2) is 0 Å². The van der Waals surface area contributed by atoms with E-state index in [0.29, 0.717) is 17.2 Å². The van der Waals surface area contributed by atoms with Crippen LogP contribution in [0.2, 0.25) is 0 Å². The lowest BCUT2D eigenvalue weighted by molar-refractivity contribution is 0.389. The zero-order valence-corrected chi connectivity index (χ0v) is 31.1. The lowest BCUT2D eigenvalue weighted by Crippen LogP contribution is -2.25. The molecule has 8 nitrogen and oxygen atoms in total. The summed E-state index contributed by atoms with van der Waals surface area (Å²) in [5, 5.41) is 12.5. The topological polar surface area (TPSA) is 89.9 Å². The third-order valence-electron chi connectivity index (χ3n) is 7.67. The van der Waals surface area contributed by atoms with Crippen molar-refractivity contribution in [3.63, 3.8) is 0 Å². The van der Waals surface area contributed by atoms with Crippen LogP contribution >= 0.6 is 0 Å². The molecule has 6 aromatic rings. The standard InChI is InChI=1S/C32H29N5O3.4C2H6/c1-19-14-21(39-4)15-29(40-5)24(19)17-36-27(16-33)31(30-20(2)34-25-12-8-6-10-22(25)30)37(32(36)38)28-18-35(3)26-13-9-7-11-23(26)28;4*1-2/h6-15,18,34H,17H2,1-5H3;4*1-2H3. The number of hydrogen-bond donors (Lipinski definition) is 1. The second-order valence-corrected chi connectivity index (χ2v) is 9.95. The minimum atomic E-state index is -0.301. The van der Waals surface area contributed by atoms with Crippen LogP contribution in [0.4, 0.5) is 0 Å². The number of para-hydroxylation sites is 2. The number of aryl methyl sites for hydroxylation is 3. The number of rotatable bonds is 6. The van der Waals surface area contributed by atoms with Crippen LogP contribution in [0, 0.1) is 25.2 Å². The van der Waals surface area contributed by atoms with Gasteiger partial charge >= 0.3 is 5.69 Å². The highest BCUT2D eigenvalue weighted by Crippen LogP contribution is 2.38. The summed E-state index contributed by atoms with van der Waals surface area (Å²) >= 11 is 0. The summed E-state index contributed by atoms with van der Waals surface area (Å²) in [7, 11) is 5.15. The van der Waals surface area contributed by atoms with E-state index in [1.807, 2.05) is 142 Å². The van der Waals surface area contributed by atoms with Gasteiger partial charge in [-0.15, -0.1) is 0 Å². The Morgan fingerprint density at radius 3 is 2.04 bits per heavy atom. The second kappa shape index (κ2) is 18.2. The fraction of sp³-hybridized carbons (Fsp3) is 0.350. The van der Waals surface area contributed by atoms with E-state index >= 15 is 0 Å². The van der Waals surface area contributed by atoms with Gasteiger partial charge in [0.25, 0.3) is 0 Å². The van der Waals surface area contributed by atoms with Crippen molar-refractivity contribution >= 4 is 21.8 Å². The van der Waals surface area contributed by atoms with Crippen molar-refractivity contribution in [2.75, 3.05) is 14.2 Å². The maximum absolute atomic E-state index is 14.5. The van der Waals surface area contributed by atoms with Gasteiger partial charge in [-0.05, 0) is 37.6 Å². The molecule has 0 fully saturated rings. The average Bonchev–Trinajstić information content (AvgIpc) is 3.75. The molecule has 3 aromatic heterocycles. The van der Waals surface area contributed by atoms with Crippen molar-refractivity contribution in [1.82, 2.24) is 18.7 Å². The maximum atomic E-state index is 14.5. The molecule has 0 aliphatic heterocycles. The van der Waals surface area contributed by atoms with E-state index < -0.39 is 0 Å². The molecular formula is C40H53N5O3. The molecule has 1 N–H and O–H groups in total. The molecular weight excluding hydrogens is 598 g/mol. The molecule has 0 amide bonds. The third-order valence-corrected chi connectivity index (χ3v) is 7.67. The van der Waals surface area contributed by atoms with Crippen LogP contribution in [-0.2, 0) is 13.6 Å². The van der Waals surface area contributed by atoms with E-state index in [0.717, 1.165) is 49.9 Å². The van der Waals surface area contributed by atoms with Gasteiger partial charge in [-0.3, -0.25) is 9.13 Å². The highest BCUT2D eigenvalue weighted by atomic mass is 16.5. The van der Waals surface area contributed by atoms with Gasteiger partial charge in [-0.1, -0.05) is 91.8 Å². The van der Waals surface area contributed by atoms with E-state index in [1.54, 1.807) is 29.4 Å². The number of fused-ring (bicyclic) bond motifs is 2. The highest BCUT2D eigenvalue weighted by Gasteiger charge is 2.28. The average molecular weight is 652 g/mol. The largest absolute Gasteiger partial charge is 0.497 e. The van der Waals surface area contributed by atoms with Crippen LogP contribution in [0.3, 0.4) is 0 Å². The summed E-state index contributed by atoms with van der Waals surface area (Å²) in [4.78, 5) is 17.9. The molecule has 0 bridgehead atoms. The van der Waals surface area contributed by atoms with Crippen molar-refractivity contribution in [1.29, 1.82) is 5.26 Å². The molecule has 256 valence electrons. The number of hydrogen-bond acceptors (Lipinski definition) is 4. The monoisotopic (exact) mass is 651 g/mol. The first kappa shape index (κ1) is 39.0. The van der Waals surface area contributed by atoms with Crippen LogP contribution in [0.25, 0.3) is 38.8 Å². The quantitative estimate of drug-likeness (QED) is 0.194. The van der Waals surface area contributed by atoms with Gasteiger partial charge in [0.2, 0.25) is 0 Å². The lowest BCUT2D eigenvalue weighted by Gasteiger charge is -2.14. The SMILES string of the molecule is CC.CC.CC.CC.COc1cc(C)c(Cn2c(C#N)c(-c3c(C)[nH]c4ccccc34)n(-c3cn(C)c4ccccc34)c2=O)c(OC)c1. The third kappa shape index (κ3) is 7.21. The minimum Gasteiger partial charge on any atom is -0.497 e. The van der Waals surface area contributed by atoms with E-state index in [-0.39, 0.29) is 17.9 Å². The summed E-state index contributed by atoms with van der Waals surface area (Å²) in [5.74, 6) is 1.25. The summed E-state index contributed by atoms with van der Waals surface area (Å²) in [6.07, 6.45) is 1.95. The van der Waals surface area contributed by atoms with Crippen molar-refractivity contribution in [3.05, 3.63) is 99.9 Å². The zero-order chi connectivity index (χ0) is 36.1. The smallest absolute Gasteiger partial charge is 0.334 e. The van der Waals surface area contributed by atoms with Gasteiger partial charge in [0.05, 0.1) is 32.1 Å². The van der Waals surface area contributed by atoms with Gasteiger partial charge in [0, 0.05) is 57.9 Å². The van der Waals surface area contributed by atoms with Crippen molar-refractivity contribution in [2.24, 2.45) is 7.05 Å². The molecule has 0 saturated carbocycles. The molecule has 8 heteroatoms. The Hall–Kier alpha value is -5.16. The summed E-state index contributed by atoms with van der Waals surface area (Å²) < 4.78 is 16.4. The molecule has 6 rings (SSSR count). The molecule has 0 spiro atoms. The predicted molar refractivity (Wildman–Crippen MR) is 202 cm³/mol. The zero-order valence-electron chi connectivity index (χ0n) is 31.1. The Morgan fingerprint density at radius 2 is 1.44 bits per heavy atom. The number of nitrogens with zero attached hydrogens (tertiary/aromatic N) is 4. The summed E-state index contributed by atoms with van der Waals surface area (Å²) in [6.45, 7) is 20.1. The first-order valence-electron chi connectivity index (χ1n) is 17.0. The Labute approximate surface area is 286 Å². The number of methoxy groups -OCH3 is 2. The Balaban J connectivity index is 0.000000933. The Morgan fingerprint density at radius 1 is 0.833 bits per heavy atom. The molecule has 0 aliphatic carbocycles. The first-order valence-corrected chi connectivity index (χ1v) is 17.0. The van der Waals surface area contributed by atoms with Crippen LogP contribution in [0.15, 0.2) is 71.7 Å². The first-order chi connectivity index (χ1) is 23.4. The summed E-state index contributed by atoms with van der Waals surface area (Å²) in [6, 6.07) is 22.0. The highest BCUT2D eigenvalue weighted by molar-refractivity contribution is 5.99. The molecule has 0 saturated heterocycles. The molecule has 0 unspecified atom stereocenters. The molecule has 0 atom stereocenters. The number of nitrogens with one attached hydrogen (secondary N) is 1. The minimum absolute atomic E-state index is 0.160. The van der Waals surface area contributed by atoms with Crippen molar-refractivity contribution in [3.8, 4) is 34.5 Å². The van der Waals surface area contributed by atoms with E-state index in [4.69, 9.17) is 9.47 Å².